The Hall–Kier alpha value is -2.37. The Balaban J connectivity index is 1.31. The second-order valence-electron chi connectivity index (χ2n) is 10.1. The molecule has 176 valence electrons. The van der Waals surface area contributed by atoms with Gasteiger partial charge in [-0.25, -0.2) is 0 Å². The van der Waals surface area contributed by atoms with Crippen molar-refractivity contribution in [2.24, 2.45) is 29.6 Å². The van der Waals surface area contributed by atoms with Crippen molar-refractivity contribution in [2.45, 2.75) is 64.1 Å². The van der Waals surface area contributed by atoms with Crippen LogP contribution in [0, 0.1) is 29.6 Å². The third kappa shape index (κ3) is 4.41. The lowest BCUT2D eigenvalue weighted by atomic mass is 9.56. The lowest BCUT2D eigenvalue weighted by Crippen LogP contribution is -2.43. The van der Waals surface area contributed by atoms with Gasteiger partial charge in [0.1, 0.15) is 6.10 Å². The van der Waals surface area contributed by atoms with Crippen molar-refractivity contribution in [3.05, 3.63) is 53.9 Å². The van der Waals surface area contributed by atoms with E-state index in [1.54, 1.807) is 12.3 Å². The maximum Gasteiger partial charge on any atom is 0.416 e. The fourth-order valence-corrected chi connectivity index (χ4v) is 6.78. The highest BCUT2D eigenvalue weighted by atomic mass is 19.4. The molecule has 3 nitrogen and oxygen atoms in total. The number of alkyl halides is 3. The van der Waals surface area contributed by atoms with Gasteiger partial charge in [-0.2, -0.15) is 13.2 Å². The molecular formula is C27H30F3NO2. The largest absolute Gasteiger partial charge is 0.462 e. The molecule has 6 atom stereocenters. The van der Waals surface area contributed by atoms with E-state index >= 15 is 0 Å². The molecule has 2 aliphatic carbocycles. The van der Waals surface area contributed by atoms with E-state index in [-0.39, 0.29) is 18.0 Å². The first kappa shape index (κ1) is 22.4. The topological polar surface area (TPSA) is 39.2 Å². The summed E-state index contributed by atoms with van der Waals surface area (Å²) >= 11 is 0. The lowest BCUT2D eigenvalue weighted by Gasteiger charge is -2.47. The third-order valence-electron chi connectivity index (χ3n) is 8.26. The number of halogens is 3. The van der Waals surface area contributed by atoms with Crippen LogP contribution in [-0.2, 0) is 22.1 Å². The van der Waals surface area contributed by atoms with Gasteiger partial charge in [0, 0.05) is 23.4 Å². The van der Waals surface area contributed by atoms with Gasteiger partial charge in [-0.05, 0) is 74.1 Å². The average Bonchev–Trinajstić information content (AvgIpc) is 3.09. The molecule has 0 radical (unpaired) electrons. The Kier molecular flexibility index (Phi) is 5.96. The number of nitrogens with zero attached hydrogens (tertiary/aromatic N) is 1. The van der Waals surface area contributed by atoms with Crippen LogP contribution < -0.4 is 0 Å². The highest BCUT2D eigenvalue weighted by Gasteiger charge is 2.54. The summed E-state index contributed by atoms with van der Waals surface area (Å²) in [5.74, 6) is 2.06. The number of cyclic esters (lactones) is 1. The molecule has 6 heteroatoms. The predicted molar refractivity (Wildman–Crippen MR) is 119 cm³/mol. The SMILES string of the molecule is C[C@H]1OC(=O)[C@@H]2C[C@@H]3CCCC[C@H]3[C@H](CCc3ccc(-c4cccc(C(F)(F)F)c4)cn3)[C@H]12. The van der Waals surface area contributed by atoms with Crippen molar-refractivity contribution in [1.82, 2.24) is 4.98 Å². The first-order valence-corrected chi connectivity index (χ1v) is 12.1. The molecule has 5 rings (SSSR count). The van der Waals surface area contributed by atoms with Gasteiger partial charge >= 0.3 is 12.1 Å². The van der Waals surface area contributed by atoms with Crippen molar-refractivity contribution >= 4 is 5.97 Å². The van der Waals surface area contributed by atoms with Gasteiger partial charge in [0.05, 0.1) is 11.5 Å². The van der Waals surface area contributed by atoms with Gasteiger partial charge in [-0.1, -0.05) is 37.5 Å². The maximum absolute atomic E-state index is 13.0. The van der Waals surface area contributed by atoms with Crippen LogP contribution in [-0.4, -0.2) is 17.1 Å². The number of aromatic nitrogens is 1. The number of pyridine rings is 1. The fourth-order valence-electron chi connectivity index (χ4n) is 6.78. The summed E-state index contributed by atoms with van der Waals surface area (Å²) in [7, 11) is 0. The Morgan fingerprint density at radius 1 is 1.09 bits per heavy atom. The van der Waals surface area contributed by atoms with Gasteiger partial charge in [0.25, 0.3) is 0 Å². The molecule has 1 aliphatic heterocycles. The number of carbonyl (C=O) groups is 1. The lowest BCUT2D eigenvalue weighted by molar-refractivity contribution is -0.144. The van der Waals surface area contributed by atoms with Gasteiger partial charge in [-0.3, -0.25) is 9.78 Å². The quantitative estimate of drug-likeness (QED) is 0.480. The normalized spacial score (nSPS) is 31.6. The molecule has 2 saturated carbocycles. The van der Waals surface area contributed by atoms with Crippen molar-refractivity contribution in [2.75, 3.05) is 0 Å². The summed E-state index contributed by atoms with van der Waals surface area (Å²) < 4.78 is 44.8. The molecule has 1 saturated heterocycles. The number of carbonyl (C=O) groups excluding carboxylic acids is 1. The summed E-state index contributed by atoms with van der Waals surface area (Å²) in [5.41, 5.74) is 1.48. The van der Waals surface area contributed by atoms with Gasteiger partial charge < -0.3 is 4.74 Å². The summed E-state index contributed by atoms with van der Waals surface area (Å²) in [6.07, 6.45) is 5.03. The van der Waals surface area contributed by atoms with Crippen LogP contribution in [0.4, 0.5) is 13.2 Å². The van der Waals surface area contributed by atoms with Crippen molar-refractivity contribution in [3.8, 4) is 11.1 Å². The second kappa shape index (κ2) is 8.77. The zero-order valence-electron chi connectivity index (χ0n) is 18.9. The first-order chi connectivity index (χ1) is 15.8. The number of benzene rings is 1. The van der Waals surface area contributed by atoms with E-state index in [2.05, 4.69) is 4.98 Å². The minimum atomic E-state index is -4.36. The summed E-state index contributed by atoms with van der Waals surface area (Å²) in [6, 6.07) is 9.14. The fraction of sp³-hybridized carbons (Fsp3) is 0.556. The average molecular weight is 458 g/mol. The van der Waals surface area contributed by atoms with E-state index in [4.69, 9.17) is 4.74 Å². The summed E-state index contributed by atoms with van der Waals surface area (Å²) in [6.45, 7) is 2.04. The van der Waals surface area contributed by atoms with E-state index in [1.807, 2.05) is 19.1 Å². The minimum Gasteiger partial charge on any atom is -0.462 e. The van der Waals surface area contributed by atoms with E-state index in [0.29, 0.717) is 34.8 Å². The Morgan fingerprint density at radius 3 is 2.67 bits per heavy atom. The Morgan fingerprint density at radius 2 is 1.91 bits per heavy atom. The summed E-state index contributed by atoms with van der Waals surface area (Å²) in [4.78, 5) is 17.0. The van der Waals surface area contributed by atoms with E-state index < -0.39 is 11.7 Å². The van der Waals surface area contributed by atoms with Crippen LogP contribution in [0.1, 0.15) is 56.7 Å². The van der Waals surface area contributed by atoms with Crippen LogP contribution in [0.15, 0.2) is 42.6 Å². The molecule has 33 heavy (non-hydrogen) atoms. The number of hydrogen-bond donors (Lipinski definition) is 0. The van der Waals surface area contributed by atoms with Crippen molar-refractivity contribution < 1.29 is 22.7 Å². The molecule has 1 aromatic heterocycles. The standard InChI is InChI=1S/C27H30F3NO2/c1-16-25-23(22-8-3-2-5-18(22)14-24(25)26(32)33-16)12-11-21-10-9-19(15-31-21)17-6-4-7-20(13-17)27(28,29)30/h4,6-7,9-10,13,15-16,18,22-25H,2-3,5,8,11-12,14H2,1H3/t16-,18+,22-,23+,24-,25+/m1/s1. The predicted octanol–water partition coefficient (Wildman–Crippen LogP) is 6.70. The zero-order valence-corrected chi connectivity index (χ0v) is 18.9. The van der Waals surface area contributed by atoms with Crippen LogP contribution >= 0.6 is 0 Å². The number of rotatable bonds is 4. The van der Waals surface area contributed by atoms with Crippen LogP contribution in [0.5, 0.6) is 0 Å². The number of fused-ring (bicyclic) bond motifs is 2. The minimum absolute atomic E-state index is 0.00918. The summed E-state index contributed by atoms with van der Waals surface area (Å²) in [5, 5.41) is 0. The molecule has 0 bridgehead atoms. The monoisotopic (exact) mass is 457 g/mol. The molecule has 2 aromatic rings. The molecule has 0 spiro atoms. The van der Waals surface area contributed by atoms with Crippen LogP contribution in [0.25, 0.3) is 11.1 Å². The van der Waals surface area contributed by atoms with E-state index in [0.717, 1.165) is 31.0 Å². The molecule has 3 aliphatic rings. The first-order valence-electron chi connectivity index (χ1n) is 12.1. The molecular weight excluding hydrogens is 427 g/mol. The molecule has 0 unspecified atom stereocenters. The van der Waals surface area contributed by atoms with Crippen molar-refractivity contribution in [1.29, 1.82) is 0 Å². The zero-order chi connectivity index (χ0) is 23.2. The highest BCUT2D eigenvalue weighted by molar-refractivity contribution is 5.75. The third-order valence-corrected chi connectivity index (χ3v) is 8.26. The molecule has 1 aromatic carbocycles. The van der Waals surface area contributed by atoms with Gasteiger partial charge in [0.15, 0.2) is 0 Å². The maximum atomic E-state index is 13.0. The van der Waals surface area contributed by atoms with Crippen molar-refractivity contribution in [3.63, 3.8) is 0 Å². The molecule has 3 fully saturated rings. The number of aryl methyl sites for hydroxylation is 1. The number of hydrogen-bond acceptors (Lipinski definition) is 3. The van der Waals surface area contributed by atoms with Crippen LogP contribution in [0.3, 0.4) is 0 Å². The molecule has 0 amide bonds. The van der Waals surface area contributed by atoms with E-state index in [1.165, 1.54) is 37.8 Å². The van der Waals surface area contributed by atoms with Gasteiger partial charge in [0.2, 0.25) is 0 Å². The highest BCUT2D eigenvalue weighted by Crippen LogP contribution is 2.54. The van der Waals surface area contributed by atoms with Gasteiger partial charge in [-0.15, -0.1) is 0 Å². The van der Waals surface area contributed by atoms with Crippen LogP contribution in [0.2, 0.25) is 0 Å². The number of ether oxygens (including phenoxy) is 1. The smallest absolute Gasteiger partial charge is 0.416 e. The number of esters is 1. The molecule has 2 heterocycles. The Bertz CT molecular complexity index is 1000. The van der Waals surface area contributed by atoms with E-state index in [9.17, 15) is 18.0 Å². The Labute approximate surface area is 192 Å². The molecule has 0 N–H and O–H groups in total. The second-order valence-corrected chi connectivity index (χ2v) is 10.1.